The highest BCUT2D eigenvalue weighted by atomic mass is 32.2. The average Bonchev–Trinajstić information content (AvgIpc) is 3.06. The molecule has 0 spiro atoms. The molecule has 10 heteroatoms. The predicted octanol–water partition coefficient (Wildman–Crippen LogP) is 3.03. The van der Waals surface area contributed by atoms with E-state index in [4.69, 9.17) is 0 Å². The normalized spacial score (nSPS) is 10.5. The molecule has 1 heterocycles. The maximum Gasteiger partial charge on any atom is 0.243 e. The summed E-state index contributed by atoms with van der Waals surface area (Å²) in [5.74, 6) is 0.132. The van der Waals surface area contributed by atoms with Gasteiger partial charge in [0.05, 0.1) is 12.3 Å². The van der Waals surface area contributed by atoms with Gasteiger partial charge in [0.2, 0.25) is 11.8 Å². The first-order chi connectivity index (χ1) is 12.1. The molecule has 6 nitrogen and oxygen atoms in total. The predicted molar refractivity (Wildman–Crippen MR) is 99.7 cm³/mol. The van der Waals surface area contributed by atoms with E-state index in [2.05, 4.69) is 27.8 Å². The second kappa shape index (κ2) is 10.4. The van der Waals surface area contributed by atoms with Gasteiger partial charge in [0, 0.05) is 11.4 Å². The van der Waals surface area contributed by atoms with Crippen LogP contribution in [0.25, 0.3) is 0 Å². The average molecular weight is 401 g/mol. The Labute approximate surface area is 157 Å². The van der Waals surface area contributed by atoms with Crippen LogP contribution in [0, 0.1) is 5.82 Å². The van der Waals surface area contributed by atoms with Gasteiger partial charge in [-0.1, -0.05) is 41.8 Å². The maximum atomic E-state index is 12.8. The van der Waals surface area contributed by atoms with Crippen molar-refractivity contribution < 1.29 is 14.0 Å². The Morgan fingerprint density at radius 1 is 1.12 bits per heavy atom. The number of carbonyl (C=O) groups excluding carboxylic acids is 2. The van der Waals surface area contributed by atoms with Gasteiger partial charge in [0.25, 0.3) is 0 Å². The quantitative estimate of drug-likeness (QED) is 0.630. The summed E-state index contributed by atoms with van der Waals surface area (Å²) in [4.78, 5) is 23.5. The Bertz CT molecular complexity index is 709. The van der Waals surface area contributed by atoms with Gasteiger partial charge >= 0.3 is 0 Å². The van der Waals surface area contributed by atoms with Crippen molar-refractivity contribution in [3.63, 3.8) is 0 Å². The molecule has 1 aromatic carbocycles. The number of hydrogen-bond acceptors (Lipinski definition) is 7. The number of amides is 2. The van der Waals surface area contributed by atoms with Gasteiger partial charge in [-0.05, 0) is 30.7 Å². The molecular weight excluding hydrogens is 383 g/mol. The lowest BCUT2D eigenvalue weighted by atomic mass is 10.3. The monoisotopic (exact) mass is 400 g/mol. The molecule has 2 amide bonds. The van der Waals surface area contributed by atoms with Crippen LogP contribution in [0.4, 0.5) is 10.1 Å². The zero-order valence-corrected chi connectivity index (χ0v) is 15.9. The molecule has 0 aliphatic heterocycles. The molecule has 2 aromatic rings. The van der Waals surface area contributed by atoms with E-state index in [1.807, 2.05) is 0 Å². The summed E-state index contributed by atoms with van der Waals surface area (Å²) < 4.78 is 14.4. The fourth-order valence-corrected chi connectivity index (χ4v) is 4.37. The number of carbonyl (C=O) groups is 2. The minimum Gasteiger partial charge on any atom is -0.346 e. The first kappa shape index (κ1) is 19.7. The Hall–Kier alpha value is -1.65. The first-order valence-electron chi connectivity index (χ1n) is 7.48. The van der Waals surface area contributed by atoms with Crippen LogP contribution in [0.15, 0.2) is 32.9 Å². The zero-order valence-electron chi connectivity index (χ0n) is 13.5. The summed E-state index contributed by atoms with van der Waals surface area (Å²) in [7, 11) is 0. The summed E-state index contributed by atoms with van der Waals surface area (Å²) in [6, 6.07) is 5.41. The number of aromatic nitrogens is 2. The SMILES string of the molecule is CCCSc1nnc(SCC(=O)NCC(=O)Nc2ccc(F)cc2)s1. The van der Waals surface area contributed by atoms with E-state index in [0.29, 0.717) is 5.69 Å². The van der Waals surface area contributed by atoms with Crippen LogP contribution in [0.3, 0.4) is 0 Å². The van der Waals surface area contributed by atoms with E-state index in [-0.39, 0.29) is 29.9 Å². The summed E-state index contributed by atoms with van der Waals surface area (Å²) in [6.07, 6.45) is 1.06. The summed E-state index contributed by atoms with van der Waals surface area (Å²) in [6.45, 7) is 1.95. The number of hydrogen-bond donors (Lipinski definition) is 2. The van der Waals surface area contributed by atoms with Crippen LogP contribution in [0.1, 0.15) is 13.3 Å². The van der Waals surface area contributed by atoms with Gasteiger partial charge in [-0.15, -0.1) is 10.2 Å². The van der Waals surface area contributed by atoms with Crippen LogP contribution in [-0.4, -0.2) is 40.1 Å². The molecule has 0 bridgehead atoms. The second-order valence-electron chi connectivity index (χ2n) is 4.80. The second-order valence-corrected chi connectivity index (χ2v) is 8.34. The lowest BCUT2D eigenvalue weighted by Gasteiger charge is -2.06. The maximum absolute atomic E-state index is 12.8. The molecule has 0 atom stereocenters. The number of benzene rings is 1. The van der Waals surface area contributed by atoms with Gasteiger partial charge in [-0.25, -0.2) is 4.39 Å². The lowest BCUT2D eigenvalue weighted by molar-refractivity contribution is -0.122. The van der Waals surface area contributed by atoms with E-state index in [1.54, 1.807) is 11.8 Å². The molecule has 0 unspecified atom stereocenters. The molecule has 0 aliphatic rings. The van der Waals surface area contributed by atoms with Crippen molar-refractivity contribution in [1.82, 2.24) is 15.5 Å². The topological polar surface area (TPSA) is 84.0 Å². The van der Waals surface area contributed by atoms with Crippen molar-refractivity contribution in [3.8, 4) is 0 Å². The van der Waals surface area contributed by atoms with Crippen molar-refractivity contribution >= 4 is 52.4 Å². The van der Waals surface area contributed by atoms with Crippen molar-refractivity contribution in [1.29, 1.82) is 0 Å². The number of anilines is 1. The van der Waals surface area contributed by atoms with Crippen LogP contribution < -0.4 is 10.6 Å². The van der Waals surface area contributed by atoms with Crippen molar-refractivity contribution in [2.75, 3.05) is 23.4 Å². The van der Waals surface area contributed by atoms with E-state index >= 15 is 0 Å². The van der Waals surface area contributed by atoms with Crippen molar-refractivity contribution in [2.24, 2.45) is 0 Å². The van der Waals surface area contributed by atoms with E-state index in [0.717, 1.165) is 20.9 Å². The lowest BCUT2D eigenvalue weighted by Crippen LogP contribution is -2.33. The molecule has 0 radical (unpaired) electrons. The molecule has 25 heavy (non-hydrogen) atoms. The van der Waals surface area contributed by atoms with Crippen molar-refractivity contribution in [2.45, 2.75) is 22.0 Å². The minimum absolute atomic E-state index is 0.148. The zero-order chi connectivity index (χ0) is 18.1. The number of rotatable bonds is 9. The Morgan fingerprint density at radius 3 is 2.48 bits per heavy atom. The Kier molecular flexibility index (Phi) is 8.16. The third-order valence-corrected chi connectivity index (χ3v) is 6.11. The third-order valence-electron chi connectivity index (χ3n) is 2.72. The van der Waals surface area contributed by atoms with Crippen LogP contribution in [-0.2, 0) is 9.59 Å². The van der Waals surface area contributed by atoms with Gasteiger partial charge in [0.15, 0.2) is 8.68 Å². The molecule has 1 aromatic heterocycles. The highest BCUT2D eigenvalue weighted by Gasteiger charge is 2.10. The highest BCUT2D eigenvalue weighted by Crippen LogP contribution is 2.28. The van der Waals surface area contributed by atoms with E-state index < -0.39 is 0 Å². The summed E-state index contributed by atoms with van der Waals surface area (Å²) in [5, 5.41) is 13.2. The Balaban J connectivity index is 1.67. The number of nitrogens with one attached hydrogen (secondary N) is 2. The summed E-state index contributed by atoms with van der Waals surface area (Å²) in [5.41, 5.74) is 0.473. The van der Waals surface area contributed by atoms with Gasteiger partial charge in [-0.3, -0.25) is 9.59 Å². The largest absolute Gasteiger partial charge is 0.346 e. The molecule has 2 N–H and O–H groups in total. The molecule has 134 valence electrons. The summed E-state index contributed by atoms with van der Waals surface area (Å²) >= 11 is 4.39. The van der Waals surface area contributed by atoms with Crippen LogP contribution >= 0.6 is 34.9 Å². The van der Waals surface area contributed by atoms with Gasteiger partial charge in [-0.2, -0.15) is 0 Å². The number of nitrogens with zero attached hydrogens (tertiary/aromatic N) is 2. The first-order valence-corrected chi connectivity index (χ1v) is 10.3. The fraction of sp³-hybridized carbons (Fsp3) is 0.333. The minimum atomic E-state index is -0.378. The highest BCUT2D eigenvalue weighted by molar-refractivity contribution is 8.03. The smallest absolute Gasteiger partial charge is 0.243 e. The van der Waals surface area contributed by atoms with Gasteiger partial charge < -0.3 is 10.6 Å². The van der Waals surface area contributed by atoms with Crippen LogP contribution in [0.5, 0.6) is 0 Å². The Morgan fingerprint density at radius 2 is 1.80 bits per heavy atom. The molecule has 2 rings (SSSR count). The fourth-order valence-electron chi connectivity index (χ4n) is 1.60. The van der Waals surface area contributed by atoms with Crippen molar-refractivity contribution in [3.05, 3.63) is 30.1 Å². The third kappa shape index (κ3) is 7.41. The molecule has 0 saturated carbocycles. The molecule has 0 saturated heterocycles. The number of thioether (sulfide) groups is 2. The van der Waals surface area contributed by atoms with Gasteiger partial charge in [0.1, 0.15) is 5.82 Å². The van der Waals surface area contributed by atoms with E-state index in [9.17, 15) is 14.0 Å². The molecular formula is C15H17FN4O2S3. The molecule has 0 fully saturated rings. The number of halogens is 1. The standard InChI is InChI=1S/C15H17FN4O2S3/c1-2-7-23-14-19-20-15(25-14)24-9-13(22)17-8-12(21)18-11-5-3-10(16)4-6-11/h3-6H,2,7-9H2,1H3,(H,17,22)(H,18,21). The van der Waals surface area contributed by atoms with E-state index in [1.165, 1.54) is 47.4 Å². The van der Waals surface area contributed by atoms with Crippen LogP contribution in [0.2, 0.25) is 0 Å². The molecule has 0 aliphatic carbocycles.